The number of thioether (sulfide) groups is 1. The van der Waals surface area contributed by atoms with Crippen LogP contribution in [0, 0.1) is 6.92 Å². The summed E-state index contributed by atoms with van der Waals surface area (Å²) in [7, 11) is 0. The van der Waals surface area contributed by atoms with Crippen LogP contribution in [0.3, 0.4) is 0 Å². The number of carbonyl (C=O) groups is 4. The normalized spacial score (nSPS) is 19.8. The Morgan fingerprint density at radius 1 is 0.941 bits per heavy atom. The first-order valence-corrected chi connectivity index (χ1v) is 17.8. The van der Waals surface area contributed by atoms with Gasteiger partial charge in [0.2, 0.25) is 17.4 Å². The predicted molar refractivity (Wildman–Crippen MR) is 189 cm³/mol. The standard InChI is InChI=1S/C39H41NO10S/c1-21(2)30-23(5)33-32(31(22(3)4)34(30)49-37(43)27-10-8-17-47-27)28(48-36(42)26-9-7-16-46-26)20-39(6,50-33)15-18-45-25-13-11-24(12-14-25)19-29-35(41)40-38(44)51-29/h7-14,16-17,21-22,28-29H,15,18-20H2,1-6H3,(H,40,41,44). The maximum atomic E-state index is 13.4. The summed E-state index contributed by atoms with van der Waals surface area (Å²) in [6.45, 7) is 12.2. The van der Waals surface area contributed by atoms with Crippen LogP contribution in [0.25, 0.3) is 0 Å². The van der Waals surface area contributed by atoms with Crippen molar-refractivity contribution in [2.75, 3.05) is 6.61 Å². The van der Waals surface area contributed by atoms with Crippen LogP contribution >= 0.6 is 11.8 Å². The van der Waals surface area contributed by atoms with Gasteiger partial charge in [-0.05, 0) is 79.6 Å². The number of hydrogen-bond donors (Lipinski definition) is 1. The number of amides is 2. The Balaban J connectivity index is 1.29. The van der Waals surface area contributed by atoms with Crippen LogP contribution in [0.1, 0.15) is 114 Å². The fraction of sp³-hybridized carbons (Fsp3) is 0.385. The number of fused-ring (bicyclic) bond motifs is 1. The van der Waals surface area contributed by atoms with Crippen molar-refractivity contribution < 1.29 is 47.0 Å². The van der Waals surface area contributed by atoms with E-state index in [0.29, 0.717) is 54.2 Å². The fourth-order valence-corrected chi connectivity index (χ4v) is 7.58. The Labute approximate surface area is 300 Å². The van der Waals surface area contributed by atoms with Crippen LogP contribution in [0.5, 0.6) is 17.2 Å². The second-order valence-corrected chi connectivity index (χ2v) is 14.8. The van der Waals surface area contributed by atoms with E-state index in [4.69, 9.17) is 27.8 Å². The van der Waals surface area contributed by atoms with E-state index in [1.165, 1.54) is 12.5 Å². The molecule has 2 aromatic heterocycles. The molecule has 4 aromatic rings. The highest BCUT2D eigenvalue weighted by atomic mass is 32.2. The molecule has 0 bridgehead atoms. The number of furan rings is 2. The third-order valence-corrected chi connectivity index (χ3v) is 10.1. The molecule has 6 rings (SSSR count). The van der Waals surface area contributed by atoms with E-state index in [-0.39, 0.29) is 34.5 Å². The molecule has 4 heterocycles. The largest absolute Gasteiger partial charge is 0.493 e. The minimum absolute atomic E-state index is 0.0541. The summed E-state index contributed by atoms with van der Waals surface area (Å²) in [5, 5.41) is 1.55. The molecule has 3 atom stereocenters. The zero-order valence-corrected chi connectivity index (χ0v) is 30.2. The number of hydrogen-bond acceptors (Lipinski definition) is 11. The second kappa shape index (κ2) is 14.7. The number of benzene rings is 2. The van der Waals surface area contributed by atoms with E-state index in [0.717, 1.165) is 28.5 Å². The Morgan fingerprint density at radius 2 is 1.59 bits per heavy atom. The number of ether oxygens (including phenoxy) is 4. The molecule has 0 radical (unpaired) electrons. The number of rotatable bonds is 12. The van der Waals surface area contributed by atoms with Crippen molar-refractivity contribution in [1.29, 1.82) is 0 Å². The van der Waals surface area contributed by atoms with Crippen molar-refractivity contribution in [2.24, 2.45) is 0 Å². The minimum atomic E-state index is -0.819. The maximum absolute atomic E-state index is 13.4. The van der Waals surface area contributed by atoms with E-state index in [1.807, 2.05) is 65.8 Å². The van der Waals surface area contributed by atoms with Crippen LogP contribution in [0.2, 0.25) is 0 Å². The lowest BCUT2D eigenvalue weighted by Gasteiger charge is -2.42. The van der Waals surface area contributed by atoms with Gasteiger partial charge in [0.15, 0.2) is 0 Å². The first-order chi connectivity index (χ1) is 24.3. The summed E-state index contributed by atoms with van der Waals surface area (Å²) in [6, 6.07) is 13.8. The number of esters is 2. The number of carbonyl (C=O) groups excluding carboxylic acids is 4. The smallest absolute Gasteiger partial charge is 0.379 e. The molecule has 2 amide bonds. The molecule has 0 aliphatic carbocycles. The van der Waals surface area contributed by atoms with Crippen LogP contribution in [-0.4, -0.2) is 40.5 Å². The van der Waals surface area contributed by atoms with Gasteiger partial charge in [0.1, 0.15) is 29.0 Å². The lowest BCUT2D eigenvalue weighted by molar-refractivity contribution is -0.118. The Bertz CT molecular complexity index is 1910. The molecule has 1 saturated heterocycles. The summed E-state index contributed by atoms with van der Waals surface area (Å²) in [5.74, 6) is 0.0553. The second-order valence-electron chi connectivity index (χ2n) is 13.7. The molecule has 12 heteroatoms. The lowest BCUT2D eigenvalue weighted by Crippen LogP contribution is -2.41. The van der Waals surface area contributed by atoms with Crippen LogP contribution in [0.4, 0.5) is 4.79 Å². The monoisotopic (exact) mass is 715 g/mol. The van der Waals surface area contributed by atoms with E-state index in [9.17, 15) is 19.2 Å². The summed E-state index contributed by atoms with van der Waals surface area (Å²) < 4.78 is 36.1. The van der Waals surface area contributed by atoms with Gasteiger partial charge in [-0.15, -0.1) is 0 Å². The molecule has 0 spiro atoms. The molecule has 3 unspecified atom stereocenters. The zero-order valence-electron chi connectivity index (χ0n) is 29.4. The molecule has 1 fully saturated rings. The van der Waals surface area contributed by atoms with Crippen molar-refractivity contribution in [3.63, 3.8) is 0 Å². The Kier molecular flexibility index (Phi) is 10.3. The number of imide groups is 1. The van der Waals surface area contributed by atoms with Crippen LogP contribution < -0.4 is 19.5 Å². The predicted octanol–water partition coefficient (Wildman–Crippen LogP) is 8.45. The molecule has 0 saturated carbocycles. The Hall–Kier alpha value is -4.97. The Morgan fingerprint density at radius 3 is 2.16 bits per heavy atom. The molecular weight excluding hydrogens is 674 g/mol. The van der Waals surface area contributed by atoms with Gasteiger partial charge in [0, 0.05) is 29.5 Å². The molecular formula is C39H41NO10S. The van der Waals surface area contributed by atoms with Crippen LogP contribution in [-0.2, 0) is 16.0 Å². The van der Waals surface area contributed by atoms with Crippen molar-refractivity contribution in [2.45, 2.75) is 89.6 Å². The van der Waals surface area contributed by atoms with Gasteiger partial charge in [-0.2, -0.15) is 0 Å². The van der Waals surface area contributed by atoms with E-state index in [1.54, 1.807) is 24.3 Å². The zero-order chi connectivity index (χ0) is 36.4. The minimum Gasteiger partial charge on any atom is -0.493 e. The third kappa shape index (κ3) is 7.70. The van der Waals surface area contributed by atoms with Gasteiger partial charge in [0.25, 0.3) is 5.24 Å². The molecule has 2 aromatic carbocycles. The van der Waals surface area contributed by atoms with Gasteiger partial charge < -0.3 is 27.8 Å². The van der Waals surface area contributed by atoms with Crippen molar-refractivity contribution >= 4 is 34.8 Å². The molecule has 2 aliphatic rings. The molecule has 2 aliphatic heterocycles. The van der Waals surface area contributed by atoms with Crippen molar-refractivity contribution in [3.05, 3.63) is 100 Å². The molecule has 268 valence electrons. The van der Waals surface area contributed by atoms with Gasteiger partial charge in [-0.3, -0.25) is 14.9 Å². The summed E-state index contributed by atoms with van der Waals surface area (Å²) in [6.07, 6.45) is 3.24. The lowest BCUT2D eigenvalue weighted by atomic mass is 9.79. The first kappa shape index (κ1) is 35.8. The average Bonchev–Trinajstić information content (AvgIpc) is 3.86. The average molecular weight is 716 g/mol. The van der Waals surface area contributed by atoms with Crippen molar-refractivity contribution in [3.8, 4) is 17.2 Å². The summed E-state index contributed by atoms with van der Waals surface area (Å²) in [5.41, 5.74) is 3.05. The fourth-order valence-electron chi connectivity index (χ4n) is 6.72. The van der Waals surface area contributed by atoms with E-state index < -0.39 is 28.9 Å². The third-order valence-electron chi connectivity index (χ3n) is 9.11. The van der Waals surface area contributed by atoms with E-state index >= 15 is 0 Å². The summed E-state index contributed by atoms with van der Waals surface area (Å²) in [4.78, 5) is 50.2. The van der Waals surface area contributed by atoms with Gasteiger partial charge >= 0.3 is 11.9 Å². The highest BCUT2D eigenvalue weighted by molar-refractivity contribution is 8.15. The van der Waals surface area contributed by atoms with Gasteiger partial charge in [-0.25, -0.2) is 9.59 Å². The van der Waals surface area contributed by atoms with Gasteiger partial charge in [-0.1, -0.05) is 51.6 Å². The van der Waals surface area contributed by atoms with E-state index in [2.05, 4.69) is 5.32 Å². The molecule has 51 heavy (non-hydrogen) atoms. The van der Waals surface area contributed by atoms with Crippen LogP contribution in [0.15, 0.2) is 69.9 Å². The SMILES string of the molecule is Cc1c2c(c(C(C)C)c(OC(=O)c3ccco3)c1C(C)C)C(OC(=O)c1ccco1)CC(C)(CCOc1ccc(CC3SC(=O)NC3=O)cc1)O2. The first-order valence-electron chi connectivity index (χ1n) is 17.0. The maximum Gasteiger partial charge on any atom is 0.379 e. The molecule has 11 nitrogen and oxygen atoms in total. The van der Waals surface area contributed by atoms with Gasteiger partial charge in [0.05, 0.1) is 24.4 Å². The topological polar surface area (TPSA) is 144 Å². The molecule has 1 N–H and O–H groups in total. The highest BCUT2D eigenvalue weighted by Gasteiger charge is 2.44. The quantitative estimate of drug-likeness (QED) is 0.111. The summed E-state index contributed by atoms with van der Waals surface area (Å²) >= 11 is 1.00. The highest BCUT2D eigenvalue weighted by Crippen LogP contribution is 2.54. The van der Waals surface area contributed by atoms with Crippen molar-refractivity contribution in [1.82, 2.24) is 5.32 Å². The number of nitrogens with one attached hydrogen (secondary N) is 1.